The molecule has 1 aromatic heterocycles. The number of halogens is 2. The SMILES string of the molecule is C=C(/C=C\C=C/C)S(c1ccccc1)(c1ccccc1)c1ccc(/C=C/C(/C=C(C)/C=C\C=C/I)=C(\C=C/I)n2cnc3ccccc32)cc1. The summed E-state index contributed by atoms with van der Waals surface area (Å²) in [5, 5.41) is 0. The van der Waals surface area contributed by atoms with Crippen LogP contribution < -0.4 is 0 Å². The van der Waals surface area contributed by atoms with E-state index in [0.29, 0.717) is 0 Å². The van der Waals surface area contributed by atoms with Gasteiger partial charge in [0.25, 0.3) is 0 Å². The summed E-state index contributed by atoms with van der Waals surface area (Å²) in [5.41, 5.74) is 6.39. The van der Waals surface area contributed by atoms with Crippen LogP contribution in [-0.4, -0.2) is 9.55 Å². The van der Waals surface area contributed by atoms with Gasteiger partial charge < -0.3 is 0 Å². The maximum atomic E-state index is 4.71. The lowest BCUT2D eigenvalue weighted by Crippen LogP contribution is -2.05. The third-order valence-electron chi connectivity index (χ3n) is 8.02. The third kappa shape index (κ3) is 8.75. The minimum absolute atomic E-state index is 0.962. The number of hydrogen-bond acceptors (Lipinski definition) is 1. The number of hydrogen-bond donors (Lipinski definition) is 0. The summed E-state index contributed by atoms with van der Waals surface area (Å²) in [4.78, 5) is 9.52. The zero-order chi connectivity index (χ0) is 35.2. The van der Waals surface area contributed by atoms with Crippen molar-refractivity contribution in [1.29, 1.82) is 0 Å². The van der Waals surface area contributed by atoms with Gasteiger partial charge >= 0.3 is 0 Å². The highest BCUT2D eigenvalue weighted by molar-refractivity contribution is 14.1. The Kier molecular flexibility index (Phi) is 13.9. The predicted octanol–water partition coefficient (Wildman–Crippen LogP) is 14.3. The van der Waals surface area contributed by atoms with E-state index in [9.17, 15) is 0 Å². The molecule has 2 nitrogen and oxygen atoms in total. The largest absolute Gasteiger partial charge is 0.298 e. The Morgan fingerprint density at radius 1 is 0.680 bits per heavy atom. The van der Waals surface area contributed by atoms with Gasteiger partial charge in [-0.05, 0) is 105 Å². The van der Waals surface area contributed by atoms with Crippen LogP contribution in [0, 0.1) is 0 Å². The summed E-state index contributed by atoms with van der Waals surface area (Å²) in [5.74, 6) is 0. The first-order valence-corrected chi connectivity index (χ1v) is 20.4. The smallest absolute Gasteiger partial charge is 0.100 e. The van der Waals surface area contributed by atoms with Crippen LogP contribution in [0.1, 0.15) is 19.4 Å². The van der Waals surface area contributed by atoms with E-state index in [-0.39, 0.29) is 0 Å². The van der Waals surface area contributed by atoms with Gasteiger partial charge in [-0.2, -0.15) is 0 Å². The molecule has 5 rings (SSSR count). The monoisotopic (exact) mass is 894 g/mol. The zero-order valence-electron chi connectivity index (χ0n) is 28.2. The van der Waals surface area contributed by atoms with E-state index in [0.717, 1.165) is 38.3 Å². The standard InChI is InChI=1S/C45H40I2N2S/c1-4-5-8-18-37(3)50(40-19-9-6-10-20-40,41-21-11-7-12-22-41)42-29-26-38(27-30-42)25-28-39(34-36(2)17-15-16-32-46)44(31-33-47)49-35-48-43-23-13-14-24-45(43)49/h4-35H,3H2,1-2H3/b5-4-,17-15-,18-8-,28-25+,32-16-,33-31-,36-34+,44-39-. The number of para-hydroxylation sites is 2. The molecular formula is C45H40I2N2S. The van der Waals surface area contributed by atoms with Gasteiger partial charge in [0.1, 0.15) is 6.33 Å². The van der Waals surface area contributed by atoms with Crippen molar-refractivity contribution < 1.29 is 0 Å². The molecule has 0 saturated heterocycles. The minimum atomic E-state index is -1.83. The molecule has 0 aliphatic carbocycles. The number of rotatable bonds is 13. The molecular weight excluding hydrogens is 854 g/mol. The van der Waals surface area contributed by atoms with Crippen molar-refractivity contribution in [3.8, 4) is 0 Å². The average molecular weight is 895 g/mol. The fraction of sp³-hybridized carbons (Fsp3) is 0.0444. The molecule has 50 heavy (non-hydrogen) atoms. The Morgan fingerprint density at radius 2 is 1.30 bits per heavy atom. The number of allylic oxidation sites excluding steroid dienone is 13. The first-order valence-electron chi connectivity index (χ1n) is 16.3. The highest BCUT2D eigenvalue weighted by atomic mass is 127. The Bertz CT molecular complexity index is 2100. The first-order chi connectivity index (χ1) is 24.5. The van der Waals surface area contributed by atoms with Gasteiger partial charge in [-0.15, -0.1) is 10.0 Å². The molecule has 1 heterocycles. The van der Waals surface area contributed by atoms with Crippen LogP contribution in [0.15, 0.2) is 222 Å². The molecule has 0 bridgehead atoms. The normalized spacial score (nSPS) is 14.0. The lowest BCUT2D eigenvalue weighted by atomic mass is 10.1. The van der Waals surface area contributed by atoms with Crippen LogP contribution >= 0.6 is 55.2 Å². The average Bonchev–Trinajstić information content (AvgIpc) is 3.58. The van der Waals surface area contributed by atoms with Crippen molar-refractivity contribution in [3.63, 3.8) is 0 Å². The fourth-order valence-electron chi connectivity index (χ4n) is 5.73. The molecule has 5 aromatic rings. The third-order valence-corrected chi connectivity index (χ3v) is 12.7. The van der Waals surface area contributed by atoms with Gasteiger partial charge in [0.15, 0.2) is 0 Å². The van der Waals surface area contributed by atoms with Gasteiger partial charge in [0, 0.05) is 14.7 Å². The summed E-state index contributed by atoms with van der Waals surface area (Å²) < 4.78 is 6.22. The van der Waals surface area contributed by atoms with Crippen molar-refractivity contribution in [1.82, 2.24) is 9.55 Å². The summed E-state index contributed by atoms with van der Waals surface area (Å²) in [7, 11) is -1.83. The van der Waals surface area contributed by atoms with E-state index >= 15 is 0 Å². The van der Waals surface area contributed by atoms with Crippen LogP contribution in [0.4, 0.5) is 0 Å². The number of fused-ring (bicyclic) bond motifs is 1. The lowest BCUT2D eigenvalue weighted by Gasteiger charge is -2.42. The van der Waals surface area contributed by atoms with Crippen molar-refractivity contribution in [2.75, 3.05) is 0 Å². The van der Waals surface area contributed by atoms with Crippen molar-refractivity contribution in [2.45, 2.75) is 28.5 Å². The number of imidazole rings is 1. The molecule has 0 unspecified atom stereocenters. The molecule has 0 saturated carbocycles. The molecule has 0 amide bonds. The van der Waals surface area contributed by atoms with E-state index in [1.165, 1.54) is 14.7 Å². The van der Waals surface area contributed by atoms with Gasteiger partial charge in [-0.3, -0.25) is 4.57 Å². The first kappa shape index (κ1) is 37.1. The van der Waals surface area contributed by atoms with E-state index in [1.807, 2.05) is 41.6 Å². The van der Waals surface area contributed by atoms with Crippen LogP contribution in [0.5, 0.6) is 0 Å². The van der Waals surface area contributed by atoms with E-state index in [2.05, 4.69) is 213 Å². The van der Waals surface area contributed by atoms with Crippen molar-refractivity contribution in [3.05, 3.63) is 213 Å². The van der Waals surface area contributed by atoms with Crippen LogP contribution in [0.25, 0.3) is 22.8 Å². The van der Waals surface area contributed by atoms with Gasteiger partial charge in [-0.25, -0.2) is 4.98 Å². The molecule has 4 aromatic carbocycles. The van der Waals surface area contributed by atoms with Gasteiger partial charge in [0.2, 0.25) is 0 Å². The van der Waals surface area contributed by atoms with E-state index in [1.54, 1.807) is 0 Å². The molecule has 0 spiro atoms. The Morgan fingerprint density at radius 3 is 1.94 bits per heavy atom. The minimum Gasteiger partial charge on any atom is -0.298 e. The molecule has 0 atom stereocenters. The zero-order valence-corrected chi connectivity index (χ0v) is 33.4. The summed E-state index contributed by atoms with van der Waals surface area (Å²) >= 11 is 4.53. The molecule has 250 valence electrons. The number of aromatic nitrogens is 2. The molecule has 0 N–H and O–H groups in total. The van der Waals surface area contributed by atoms with Gasteiger partial charge in [-0.1, -0.05) is 167 Å². The van der Waals surface area contributed by atoms with E-state index in [4.69, 9.17) is 11.6 Å². The number of nitrogens with zero attached hydrogens (tertiary/aromatic N) is 2. The Hall–Kier alpha value is -4.18. The van der Waals surface area contributed by atoms with Crippen LogP contribution in [-0.2, 0) is 0 Å². The molecule has 5 heteroatoms. The highest BCUT2D eigenvalue weighted by Crippen LogP contribution is 2.73. The molecule has 0 aliphatic heterocycles. The molecule has 0 aliphatic rings. The second kappa shape index (κ2) is 18.7. The van der Waals surface area contributed by atoms with Crippen molar-refractivity contribution >= 4 is 78.0 Å². The predicted molar refractivity (Wildman–Crippen MR) is 236 cm³/mol. The molecule has 0 radical (unpaired) electrons. The van der Waals surface area contributed by atoms with Crippen LogP contribution in [0.2, 0.25) is 0 Å². The van der Waals surface area contributed by atoms with Gasteiger partial charge in [0.05, 0.1) is 16.7 Å². The highest BCUT2D eigenvalue weighted by Gasteiger charge is 2.32. The quantitative estimate of drug-likeness (QED) is 0.0851. The Balaban J connectivity index is 1.65. The summed E-state index contributed by atoms with van der Waals surface area (Å²) in [6, 6.07) is 38.9. The second-order valence-electron chi connectivity index (χ2n) is 11.3. The summed E-state index contributed by atoms with van der Waals surface area (Å²) in [6.07, 6.45) is 25.3. The fourth-order valence-corrected chi connectivity index (χ4v) is 10.00. The lowest BCUT2D eigenvalue weighted by molar-refractivity contribution is 1.13. The van der Waals surface area contributed by atoms with Crippen molar-refractivity contribution in [2.24, 2.45) is 0 Å². The van der Waals surface area contributed by atoms with Crippen LogP contribution in [0.3, 0.4) is 0 Å². The maximum absolute atomic E-state index is 4.71. The maximum Gasteiger partial charge on any atom is 0.100 e. The molecule has 0 fully saturated rings. The number of benzene rings is 4. The summed E-state index contributed by atoms with van der Waals surface area (Å²) in [6.45, 7) is 8.87. The van der Waals surface area contributed by atoms with E-state index < -0.39 is 10.0 Å². The second-order valence-corrected chi connectivity index (χ2v) is 15.9. The topological polar surface area (TPSA) is 17.8 Å². The Labute approximate surface area is 326 Å².